The molecular formula is C10H16Na2O14S. The Labute approximate surface area is 195 Å². The SMILES string of the molecule is O=C(O)CC(C(=O)O)S(=O)(=O)O.O=C(O)CC(O)(CC(=O)O)C(=O)O.[NaH].[NaH]. The molecule has 0 spiro atoms. The summed E-state index contributed by atoms with van der Waals surface area (Å²) in [7, 11) is -4.84. The van der Waals surface area contributed by atoms with Crippen LogP contribution in [0.4, 0.5) is 0 Å². The molecule has 0 aromatic heterocycles. The van der Waals surface area contributed by atoms with Gasteiger partial charge in [0.2, 0.25) is 0 Å². The van der Waals surface area contributed by atoms with Gasteiger partial charge in [-0.1, -0.05) is 0 Å². The summed E-state index contributed by atoms with van der Waals surface area (Å²) < 4.78 is 28.7. The Hall–Kier alpha value is -0.780. The maximum absolute atomic E-state index is 10.3. The summed E-state index contributed by atoms with van der Waals surface area (Å²) in [6.45, 7) is 0. The van der Waals surface area contributed by atoms with E-state index >= 15 is 0 Å². The number of aliphatic carboxylic acids is 5. The first-order chi connectivity index (χ1) is 11.0. The zero-order valence-electron chi connectivity index (χ0n) is 12.1. The van der Waals surface area contributed by atoms with Gasteiger partial charge in [0, 0.05) is 0 Å². The number of aliphatic hydroxyl groups is 1. The topological polar surface area (TPSA) is 261 Å². The molecule has 0 aromatic carbocycles. The molecule has 7 N–H and O–H groups in total. The quantitative estimate of drug-likeness (QED) is 0.135. The van der Waals surface area contributed by atoms with Crippen LogP contribution in [0.3, 0.4) is 0 Å². The average Bonchev–Trinajstić information content (AvgIpc) is 2.32. The van der Waals surface area contributed by atoms with Crippen LogP contribution in [-0.4, -0.2) is 143 Å². The van der Waals surface area contributed by atoms with E-state index in [1.165, 1.54) is 0 Å². The van der Waals surface area contributed by atoms with E-state index in [4.69, 9.17) is 35.2 Å². The molecule has 0 amide bonds. The van der Waals surface area contributed by atoms with Gasteiger partial charge >= 0.3 is 89.0 Å². The Kier molecular flexibility index (Phi) is 17.8. The van der Waals surface area contributed by atoms with Gasteiger partial charge in [0.15, 0.2) is 10.9 Å². The molecule has 0 saturated heterocycles. The van der Waals surface area contributed by atoms with Gasteiger partial charge in [-0.05, 0) is 0 Å². The van der Waals surface area contributed by atoms with Crippen molar-refractivity contribution >= 4 is 99.1 Å². The van der Waals surface area contributed by atoms with E-state index in [9.17, 15) is 32.4 Å². The predicted octanol–water partition coefficient (Wildman–Crippen LogP) is -3.74. The molecular weight excluding hydrogens is 422 g/mol. The Morgan fingerprint density at radius 3 is 1.22 bits per heavy atom. The Morgan fingerprint density at radius 2 is 1.11 bits per heavy atom. The zero-order valence-corrected chi connectivity index (χ0v) is 12.9. The van der Waals surface area contributed by atoms with E-state index in [1.807, 2.05) is 0 Å². The number of hydrogen-bond donors (Lipinski definition) is 7. The molecule has 17 heteroatoms. The molecule has 0 saturated carbocycles. The van der Waals surface area contributed by atoms with Gasteiger partial charge < -0.3 is 30.6 Å². The number of carboxylic acid groups (broad SMARTS) is 5. The van der Waals surface area contributed by atoms with Gasteiger partial charge in [0.1, 0.15) is 0 Å². The first-order valence-electron chi connectivity index (χ1n) is 5.83. The third-order valence-electron chi connectivity index (χ3n) is 2.28. The van der Waals surface area contributed by atoms with E-state index in [0.717, 1.165) is 0 Å². The monoisotopic (exact) mass is 438 g/mol. The van der Waals surface area contributed by atoms with Crippen molar-refractivity contribution in [3.05, 3.63) is 0 Å². The molecule has 0 heterocycles. The molecule has 0 aliphatic rings. The molecule has 0 aromatic rings. The fraction of sp³-hybridized carbons (Fsp3) is 0.500. The van der Waals surface area contributed by atoms with Crippen LogP contribution in [0, 0.1) is 0 Å². The second-order valence-corrected chi connectivity index (χ2v) is 6.02. The summed E-state index contributed by atoms with van der Waals surface area (Å²) in [4.78, 5) is 50.5. The van der Waals surface area contributed by atoms with Gasteiger partial charge in [0.05, 0.1) is 19.3 Å². The van der Waals surface area contributed by atoms with Crippen LogP contribution in [0.1, 0.15) is 19.3 Å². The molecule has 0 radical (unpaired) electrons. The van der Waals surface area contributed by atoms with E-state index < -0.39 is 70.1 Å². The van der Waals surface area contributed by atoms with Crippen molar-refractivity contribution in [2.45, 2.75) is 30.1 Å². The van der Waals surface area contributed by atoms with Crippen LogP contribution in [0.15, 0.2) is 0 Å². The minimum absolute atomic E-state index is 0. The molecule has 148 valence electrons. The molecule has 1 unspecified atom stereocenters. The second kappa shape index (κ2) is 14.3. The molecule has 1 atom stereocenters. The number of carboxylic acids is 5. The van der Waals surface area contributed by atoms with Crippen LogP contribution in [0.5, 0.6) is 0 Å². The first-order valence-corrected chi connectivity index (χ1v) is 7.33. The Balaban J connectivity index is -0.000000183. The van der Waals surface area contributed by atoms with Crippen LogP contribution in [0.25, 0.3) is 0 Å². The molecule has 0 aliphatic heterocycles. The van der Waals surface area contributed by atoms with Gasteiger partial charge in [-0.15, -0.1) is 0 Å². The Bertz CT molecular complexity index is 641. The van der Waals surface area contributed by atoms with Crippen molar-refractivity contribution in [1.29, 1.82) is 0 Å². The summed E-state index contributed by atoms with van der Waals surface area (Å²) in [5.74, 6) is -8.52. The normalized spacial score (nSPS) is 11.3. The first kappa shape index (κ1) is 33.8. The van der Waals surface area contributed by atoms with Crippen molar-refractivity contribution in [2.75, 3.05) is 0 Å². The van der Waals surface area contributed by atoms with E-state index in [1.54, 1.807) is 0 Å². The van der Waals surface area contributed by atoms with Crippen molar-refractivity contribution in [1.82, 2.24) is 0 Å². The van der Waals surface area contributed by atoms with Crippen molar-refractivity contribution in [3.63, 3.8) is 0 Å². The molecule has 0 aliphatic carbocycles. The predicted molar refractivity (Wildman–Crippen MR) is 86.6 cm³/mol. The van der Waals surface area contributed by atoms with Crippen LogP contribution in [0.2, 0.25) is 0 Å². The fourth-order valence-electron chi connectivity index (χ4n) is 1.19. The van der Waals surface area contributed by atoms with Crippen molar-refractivity contribution in [2.24, 2.45) is 0 Å². The molecule has 27 heavy (non-hydrogen) atoms. The summed E-state index contributed by atoms with van der Waals surface area (Å²) in [6, 6.07) is 0. The maximum atomic E-state index is 10.3. The zero-order chi connectivity index (χ0) is 20.6. The summed E-state index contributed by atoms with van der Waals surface area (Å²) >= 11 is 0. The summed E-state index contributed by atoms with van der Waals surface area (Å²) in [5.41, 5.74) is -2.74. The van der Waals surface area contributed by atoms with E-state index in [0.29, 0.717) is 0 Å². The van der Waals surface area contributed by atoms with Gasteiger partial charge in [-0.2, -0.15) is 8.42 Å². The molecule has 14 nitrogen and oxygen atoms in total. The second-order valence-electron chi connectivity index (χ2n) is 4.42. The molecule has 0 bridgehead atoms. The van der Waals surface area contributed by atoms with Gasteiger partial charge in [-0.3, -0.25) is 23.7 Å². The van der Waals surface area contributed by atoms with Gasteiger partial charge in [-0.25, -0.2) is 4.79 Å². The average molecular weight is 438 g/mol. The van der Waals surface area contributed by atoms with Crippen molar-refractivity contribution in [3.8, 4) is 0 Å². The third kappa shape index (κ3) is 15.9. The van der Waals surface area contributed by atoms with Gasteiger partial charge in [0.25, 0.3) is 10.1 Å². The minimum atomic E-state index is -4.84. The standard InChI is InChI=1S/C6H8O7.C4H6O7S.2Na.2H/c7-3(8)1-6(13,5(11)12)2-4(9)10;5-3(6)1-2(4(7)8)12(9,10)11;;;;/h13H,1-2H2,(H,7,8)(H,9,10)(H,11,12);2H,1H2,(H,5,6)(H,7,8)(H,9,10,11);;;;. The molecule has 0 fully saturated rings. The molecule has 0 rings (SSSR count). The van der Waals surface area contributed by atoms with Crippen LogP contribution >= 0.6 is 0 Å². The number of rotatable bonds is 9. The fourth-order valence-corrected chi connectivity index (χ4v) is 1.80. The van der Waals surface area contributed by atoms with Crippen LogP contribution < -0.4 is 0 Å². The Morgan fingerprint density at radius 1 is 0.778 bits per heavy atom. The van der Waals surface area contributed by atoms with E-state index in [-0.39, 0.29) is 59.1 Å². The number of hydrogen-bond acceptors (Lipinski definition) is 8. The van der Waals surface area contributed by atoms with Crippen LogP contribution in [-0.2, 0) is 34.1 Å². The summed E-state index contributed by atoms with van der Waals surface area (Å²) in [6.07, 6.45) is -3.45. The van der Waals surface area contributed by atoms with E-state index in [2.05, 4.69) is 0 Å². The third-order valence-corrected chi connectivity index (χ3v) is 3.37. The van der Waals surface area contributed by atoms with Crippen molar-refractivity contribution < 1.29 is 67.6 Å². The summed E-state index contributed by atoms with van der Waals surface area (Å²) in [5, 5.41) is 47.7. The number of carbonyl (C=O) groups is 5.